The van der Waals surface area contributed by atoms with Crippen molar-refractivity contribution in [1.29, 1.82) is 0 Å². The van der Waals surface area contributed by atoms with E-state index in [-0.39, 0.29) is 12.5 Å². The van der Waals surface area contributed by atoms with Crippen LogP contribution in [0.15, 0.2) is 12.2 Å². The van der Waals surface area contributed by atoms with Crippen molar-refractivity contribution < 1.29 is 15.0 Å². The summed E-state index contributed by atoms with van der Waals surface area (Å²) in [6.45, 7) is 4.35. The zero-order valence-corrected chi connectivity index (χ0v) is 29.2. The number of aliphatic hydroxyl groups is 2. The van der Waals surface area contributed by atoms with E-state index in [4.69, 9.17) is 0 Å². The number of hydrogen-bond acceptors (Lipinski definition) is 3. The molecule has 1 amide bonds. The minimum atomic E-state index is -0.675. The zero-order valence-electron chi connectivity index (χ0n) is 29.2. The average Bonchev–Trinajstić information content (AvgIpc) is 3.01. The van der Waals surface area contributed by atoms with Gasteiger partial charge < -0.3 is 15.5 Å². The summed E-state index contributed by atoms with van der Waals surface area (Å²) in [7, 11) is 0. The van der Waals surface area contributed by atoms with Crippen LogP contribution in [0.3, 0.4) is 0 Å². The van der Waals surface area contributed by atoms with Crippen LogP contribution in [-0.4, -0.2) is 34.9 Å². The zero-order chi connectivity index (χ0) is 31.5. The molecule has 4 nitrogen and oxygen atoms in total. The van der Waals surface area contributed by atoms with E-state index in [1.807, 2.05) is 0 Å². The lowest BCUT2D eigenvalue weighted by Crippen LogP contribution is -2.45. The molecule has 0 aliphatic carbocycles. The Bertz CT molecular complexity index is 579. The van der Waals surface area contributed by atoms with Crippen molar-refractivity contribution >= 4 is 5.91 Å². The number of allylic oxidation sites excluding steroid dienone is 2. The Morgan fingerprint density at radius 1 is 0.535 bits per heavy atom. The summed E-state index contributed by atoms with van der Waals surface area (Å²) in [5.41, 5.74) is 0. The highest BCUT2D eigenvalue weighted by atomic mass is 16.3. The smallest absolute Gasteiger partial charge is 0.220 e. The molecule has 2 atom stereocenters. The monoisotopic (exact) mass is 608 g/mol. The third-order valence-corrected chi connectivity index (χ3v) is 9.03. The van der Waals surface area contributed by atoms with E-state index in [1.54, 1.807) is 0 Å². The molecule has 3 N–H and O–H groups in total. The second-order valence-corrected chi connectivity index (χ2v) is 13.4. The fourth-order valence-electron chi connectivity index (χ4n) is 6.00. The summed E-state index contributed by atoms with van der Waals surface area (Å²) in [5, 5.41) is 23.0. The number of unbranched alkanes of at least 4 members (excludes halogenated alkanes) is 26. The maximum atomic E-state index is 12.3. The summed E-state index contributed by atoms with van der Waals surface area (Å²) in [6, 6.07) is -0.546. The van der Waals surface area contributed by atoms with E-state index in [0.717, 1.165) is 32.1 Å². The van der Waals surface area contributed by atoms with Gasteiger partial charge in [0, 0.05) is 6.42 Å². The molecular formula is C39H77NO3. The Balaban J connectivity index is 3.56. The van der Waals surface area contributed by atoms with E-state index in [9.17, 15) is 15.0 Å². The molecule has 0 unspecified atom stereocenters. The largest absolute Gasteiger partial charge is 0.394 e. The lowest BCUT2D eigenvalue weighted by atomic mass is 10.0. The number of amides is 1. The van der Waals surface area contributed by atoms with Gasteiger partial charge in [0.1, 0.15) is 0 Å². The third kappa shape index (κ3) is 32.3. The SMILES string of the molecule is CCCCCCCCCCCCC/C=C/CCCC[C@@H](O)[C@H](CO)NC(=O)CCCCCCCCCCCCCCCC. The Labute approximate surface area is 269 Å². The van der Waals surface area contributed by atoms with Crippen molar-refractivity contribution in [2.45, 2.75) is 225 Å². The number of rotatable bonds is 35. The predicted octanol–water partition coefficient (Wildman–Crippen LogP) is 11.5. The van der Waals surface area contributed by atoms with Crippen LogP contribution in [0.1, 0.15) is 213 Å². The number of carbonyl (C=O) groups excluding carboxylic acids is 1. The minimum Gasteiger partial charge on any atom is -0.394 e. The summed E-state index contributed by atoms with van der Waals surface area (Å²) in [4.78, 5) is 12.3. The molecule has 0 fully saturated rings. The molecule has 0 saturated carbocycles. The van der Waals surface area contributed by atoms with E-state index in [0.29, 0.717) is 12.8 Å². The van der Waals surface area contributed by atoms with Crippen LogP contribution in [0.4, 0.5) is 0 Å². The molecule has 0 saturated heterocycles. The van der Waals surface area contributed by atoms with Gasteiger partial charge in [0.15, 0.2) is 0 Å². The first kappa shape index (κ1) is 42.1. The first-order valence-electron chi connectivity index (χ1n) is 19.4. The van der Waals surface area contributed by atoms with Gasteiger partial charge in [-0.05, 0) is 38.5 Å². The van der Waals surface area contributed by atoms with Crippen LogP contribution in [0.2, 0.25) is 0 Å². The van der Waals surface area contributed by atoms with Gasteiger partial charge in [0.25, 0.3) is 0 Å². The lowest BCUT2D eigenvalue weighted by Gasteiger charge is -2.22. The number of aliphatic hydroxyl groups excluding tert-OH is 2. The molecule has 256 valence electrons. The standard InChI is InChI=1S/C39H77NO3/c1-3-5-7-9-11-13-15-17-19-20-21-22-24-26-28-30-32-34-38(42)37(36-41)40-39(43)35-33-31-29-27-25-23-18-16-14-12-10-8-6-4-2/h24,26,37-38,41-42H,3-23,25,27-36H2,1-2H3,(H,40,43)/b26-24+/t37-,38+/m0/s1. The first-order valence-corrected chi connectivity index (χ1v) is 19.4. The lowest BCUT2D eigenvalue weighted by molar-refractivity contribution is -0.123. The first-order chi connectivity index (χ1) is 21.2. The maximum Gasteiger partial charge on any atom is 0.220 e. The third-order valence-electron chi connectivity index (χ3n) is 9.03. The van der Waals surface area contributed by atoms with Gasteiger partial charge in [0.2, 0.25) is 5.91 Å². The highest BCUT2D eigenvalue weighted by Gasteiger charge is 2.19. The predicted molar refractivity (Wildman–Crippen MR) is 189 cm³/mol. The molecule has 0 aliphatic rings. The molecule has 0 heterocycles. The molecule has 0 spiro atoms. The van der Waals surface area contributed by atoms with Crippen molar-refractivity contribution in [2.24, 2.45) is 0 Å². The van der Waals surface area contributed by atoms with E-state index in [1.165, 1.54) is 154 Å². The Morgan fingerprint density at radius 3 is 1.28 bits per heavy atom. The molecule has 0 aromatic rings. The van der Waals surface area contributed by atoms with Gasteiger partial charge in [-0.1, -0.05) is 180 Å². The van der Waals surface area contributed by atoms with Crippen molar-refractivity contribution in [3.63, 3.8) is 0 Å². The van der Waals surface area contributed by atoms with Gasteiger partial charge in [0.05, 0.1) is 18.8 Å². The van der Waals surface area contributed by atoms with Gasteiger partial charge in [-0.25, -0.2) is 0 Å². The minimum absolute atomic E-state index is 0.0395. The molecule has 43 heavy (non-hydrogen) atoms. The Hall–Kier alpha value is -0.870. The second kappa shape index (κ2) is 35.6. The van der Waals surface area contributed by atoms with Gasteiger partial charge in [-0.15, -0.1) is 0 Å². The summed E-state index contributed by atoms with van der Waals surface area (Å²) < 4.78 is 0. The molecule has 4 heteroatoms. The van der Waals surface area contributed by atoms with Crippen LogP contribution >= 0.6 is 0 Å². The fourth-order valence-corrected chi connectivity index (χ4v) is 6.00. The number of hydrogen-bond donors (Lipinski definition) is 3. The Kier molecular flexibility index (Phi) is 34.9. The van der Waals surface area contributed by atoms with Gasteiger partial charge in [-0.2, -0.15) is 0 Å². The van der Waals surface area contributed by atoms with Crippen molar-refractivity contribution in [1.82, 2.24) is 5.32 Å². The van der Waals surface area contributed by atoms with Gasteiger partial charge in [-0.3, -0.25) is 4.79 Å². The molecule has 0 radical (unpaired) electrons. The molecule has 0 bridgehead atoms. The van der Waals surface area contributed by atoms with E-state index < -0.39 is 12.1 Å². The van der Waals surface area contributed by atoms with Crippen LogP contribution in [0.25, 0.3) is 0 Å². The number of nitrogens with one attached hydrogen (secondary N) is 1. The summed E-state index contributed by atoms with van der Waals surface area (Å²) >= 11 is 0. The van der Waals surface area contributed by atoms with E-state index >= 15 is 0 Å². The van der Waals surface area contributed by atoms with E-state index in [2.05, 4.69) is 31.3 Å². The Morgan fingerprint density at radius 2 is 0.884 bits per heavy atom. The molecule has 0 rings (SSSR count). The fraction of sp³-hybridized carbons (Fsp3) is 0.923. The number of carbonyl (C=O) groups is 1. The van der Waals surface area contributed by atoms with Gasteiger partial charge >= 0.3 is 0 Å². The van der Waals surface area contributed by atoms with Crippen LogP contribution in [0.5, 0.6) is 0 Å². The molecule has 0 aliphatic heterocycles. The average molecular weight is 608 g/mol. The molecular weight excluding hydrogens is 530 g/mol. The highest BCUT2D eigenvalue weighted by Crippen LogP contribution is 2.15. The van der Waals surface area contributed by atoms with Crippen molar-refractivity contribution in [3.05, 3.63) is 12.2 Å². The topological polar surface area (TPSA) is 69.6 Å². The molecule has 0 aromatic heterocycles. The van der Waals surface area contributed by atoms with Crippen molar-refractivity contribution in [3.8, 4) is 0 Å². The highest BCUT2D eigenvalue weighted by molar-refractivity contribution is 5.76. The van der Waals surface area contributed by atoms with Crippen LogP contribution < -0.4 is 5.32 Å². The van der Waals surface area contributed by atoms with Crippen LogP contribution in [0, 0.1) is 0 Å². The van der Waals surface area contributed by atoms with Crippen molar-refractivity contribution in [2.75, 3.05) is 6.61 Å². The summed E-state index contributed by atoms with van der Waals surface area (Å²) in [5.74, 6) is -0.0395. The van der Waals surface area contributed by atoms with Crippen LogP contribution in [-0.2, 0) is 4.79 Å². The maximum absolute atomic E-state index is 12.3. The summed E-state index contributed by atoms with van der Waals surface area (Å²) in [6.07, 6.45) is 42.7. The quantitative estimate of drug-likeness (QED) is 0.0496. The second-order valence-electron chi connectivity index (χ2n) is 13.4. The molecule has 0 aromatic carbocycles. The normalized spacial score (nSPS) is 13.1.